The molecule has 1 aromatic rings. The Bertz CT molecular complexity index is 324. The maximum absolute atomic E-state index is 5.14. The summed E-state index contributed by atoms with van der Waals surface area (Å²) in [5, 5.41) is 0. The van der Waals surface area contributed by atoms with E-state index in [1.54, 1.807) is 7.11 Å². The number of hydrogen-bond donors (Lipinski definition) is 0. The predicted molar refractivity (Wildman–Crippen MR) is 67.2 cm³/mol. The van der Waals surface area contributed by atoms with Crippen molar-refractivity contribution in [3.63, 3.8) is 0 Å². The summed E-state index contributed by atoms with van der Waals surface area (Å²) in [4.78, 5) is 6.87. The third-order valence-corrected chi connectivity index (χ3v) is 3.27. The molecular formula is C12H17BrN2O. The van der Waals surface area contributed by atoms with Gasteiger partial charge >= 0.3 is 0 Å². The number of aromatic nitrogens is 1. The number of pyridine rings is 1. The summed E-state index contributed by atoms with van der Waals surface area (Å²) in [5.41, 5.74) is 1.13. The van der Waals surface area contributed by atoms with E-state index in [1.807, 2.05) is 12.3 Å². The van der Waals surface area contributed by atoms with Crippen molar-refractivity contribution < 1.29 is 4.74 Å². The van der Waals surface area contributed by atoms with Crippen molar-refractivity contribution in [2.24, 2.45) is 0 Å². The first-order chi connectivity index (χ1) is 7.79. The monoisotopic (exact) mass is 284 g/mol. The maximum atomic E-state index is 5.14. The van der Waals surface area contributed by atoms with Gasteiger partial charge < -0.3 is 4.74 Å². The summed E-state index contributed by atoms with van der Waals surface area (Å²) in [5.74, 6) is 0. The molecule has 4 heteroatoms. The lowest BCUT2D eigenvalue weighted by molar-refractivity contribution is 0.139. The maximum Gasteiger partial charge on any atom is 0.0589 e. The fourth-order valence-corrected chi connectivity index (χ4v) is 1.98. The van der Waals surface area contributed by atoms with E-state index in [0.717, 1.165) is 35.9 Å². The summed E-state index contributed by atoms with van der Waals surface area (Å²) >= 11 is 3.40. The Balaban J connectivity index is 1.91. The molecule has 1 aliphatic rings. The SMILES string of the molecule is COCCN(Cc1ccc(Br)cn1)C1CC1. The van der Waals surface area contributed by atoms with E-state index >= 15 is 0 Å². The number of nitrogens with zero attached hydrogens (tertiary/aromatic N) is 2. The molecule has 0 bridgehead atoms. The summed E-state index contributed by atoms with van der Waals surface area (Å²) < 4.78 is 6.17. The molecule has 0 amide bonds. The number of hydrogen-bond acceptors (Lipinski definition) is 3. The van der Waals surface area contributed by atoms with Crippen molar-refractivity contribution in [1.82, 2.24) is 9.88 Å². The zero-order chi connectivity index (χ0) is 11.4. The second-order valence-corrected chi connectivity index (χ2v) is 5.08. The van der Waals surface area contributed by atoms with Crippen LogP contribution in [0.3, 0.4) is 0 Å². The molecule has 16 heavy (non-hydrogen) atoms. The van der Waals surface area contributed by atoms with Gasteiger partial charge in [-0.1, -0.05) is 0 Å². The van der Waals surface area contributed by atoms with Crippen LogP contribution in [-0.2, 0) is 11.3 Å². The minimum Gasteiger partial charge on any atom is -0.383 e. The van der Waals surface area contributed by atoms with Crippen LogP contribution >= 0.6 is 15.9 Å². The smallest absolute Gasteiger partial charge is 0.0589 e. The quantitative estimate of drug-likeness (QED) is 0.803. The zero-order valence-corrected chi connectivity index (χ0v) is 11.1. The molecule has 1 aliphatic carbocycles. The molecule has 1 heterocycles. The van der Waals surface area contributed by atoms with Crippen molar-refractivity contribution in [2.45, 2.75) is 25.4 Å². The number of rotatable bonds is 6. The van der Waals surface area contributed by atoms with Crippen molar-refractivity contribution >= 4 is 15.9 Å². The van der Waals surface area contributed by atoms with Gasteiger partial charge in [0.1, 0.15) is 0 Å². The van der Waals surface area contributed by atoms with Gasteiger partial charge in [-0.05, 0) is 40.9 Å². The highest BCUT2D eigenvalue weighted by Crippen LogP contribution is 2.27. The molecule has 1 fully saturated rings. The highest BCUT2D eigenvalue weighted by molar-refractivity contribution is 9.10. The van der Waals surface area contributed by atoms with Gasteiger partial charge in [0.05, 0.1) is 12.3 Å². The van der Waals surface area contributed by atoms with Crippen LogP contribution < -0.4 is 0 Å². The molecule has 1 aromatic heterocycles. The largest absolute Gasteiger partial charge is 0.383 e. The van der Waals surface area contributed by atoms with Crippen LogP contribution in [0.2, 0.25) is 0 Å². The van der Waals surface area contributed by atoms with E-state index in [9.17, 15) is 0 Å². The van der Waals surface area contributed by atoms with E-state index in [-0.39, 0.29) is 0 Å². The van der Waals surface area contributed by atoms with Gasteiger partial charge in [-0.25, -0.2) is 0 Å². The molecule has 0 unspecified atom stereocenters. The van der Waals surface area contributed by atoms with Crippen LogP contribution in [0.4, 0.5) is 0 Å². The van der Waals surface area contributed by atoms with Gasteiger partial charge in [0.2, 0.25) is 0 Å². The molecule has 88 valence electrons. The average molecular weight is 285 g/mol. The van der Waals surface area contributed by atoms with Crippen LogP contribution in [0.15, 0.2) is 22.8 Å². The summed E-state index contributed by atoms with van der Waals surface area (Å²) in [6.07, 6.45) is 4.50. The zero-order valence-electron chi connectivity index (χ0n) is 9.53. The Morgan fingerprint density at radius 2 is 2.31 bits per heavy atom. The first-order valence-corrected chi connectivity index (χ1v) is 6.42. The second-order valence-electron chi connectivity index (χ2n) is 4.16. The van der Waals surface area contributed by atoms with E-state index in [4.69, 9.17) is 4.74 Å². The Hall–Kier alpha value is -0.450. The van der Waals surface area contributed by atoms with Crippen molar-refractivity contribution in [3.05, 3.63) is 28.5 Å². The first-order valence-electron chi connectivity index (χ1n) is 5.63. The van der Waals surface area contributed by atoms with Gasteiger partial charge in [-0.15, -0.1) is 0 Å². The number of ether oxygens (including phenoxy) is 1. The first kappa shape index (κ1) is 12.0. The van der Waals surface area contributed by atoms with Crippen LogP contribution in [0.1, 0.15) is 18.5 Å². The molecule has 0 N–H and O–H groups in total. The Morgan fingerprint density at radius 1 is 1.50 bits per heavy atom. The average Bonchev–Trinajstić information content (AvgIpc) is 3.11. The predicted octanol–water partition coefficient (Wildman–Crippen LogP) is 2.45. The van der Waals surface area contributed by atoms with E-state index in [2.05, 4.69) is 31.9 Å². The molecule has 0 radical (unpaired) electrons. The lowest BCUT2D eigenvalue weighted by atomic mass is 10.3. The Morgan fingerprint density at radius 3 is 2.88 bits per heavy atom. The van der Waals surface area contributed by atoms with Gasteiger partial charge in [0.15, 0.2) is 0 Å². The molecular weight excluding hydrogens is 268 g/mol. The molecule has 3 nitrogen and oxygen atoms in total. The molecule has 0 spiro atoms. The fraction of sp³-hybridized carbons (Fsp3) is 0.583. The minimum absolute atomic E-state index is 0.751. The van der Waals surface area contributed by atoms with Gasteiger partial charge in [0, 0.05) is 36.9 Å². The van der Waals surface area contributed by atoms with E-state index < -0.39 is 0 Å². The highest BCUT2D eigenvalue weighted by Gasteiger charge is 2.28. The Kier molecular flexibility index (Phi) is 4.32. The lowest BCUT2D eigenvalue weighted by Gasteiger charge is -2.20. The Labute approximate surface area is 105 Å². The fourth-order valence-electron chi connectivity index (χ4n) is 1.75. The molecule has 0 saturated heterocycles. The normalized spacial score (nSPS) is 15.7. The van der Waals surface area contributed by atoms with Gasteiger partial charge in [0.25, 0.3) is 0 Å². The highest BCUT2D eigenvalue weighted by atomic mass is 79.9. The topological polar surface area (TPSA) is 25.4 Å². The molecule has 0 aromatic carbocycles. The molecule has 1 saturated carbocycles. The van der Waals surface area contributed by atoms with E-state index in [0.29, 0.717) is 0 Å². The number of halogens is 1. The third-order valence-electron chi connectivity index (χ3n) is 2.80. The van der Waals surface area contributed by atoms with Gasteiger partial charge in [-0.2, -0.15) is 0 Å². The third kappa shape index (κ3) is 3.54. The van der Waals surface area contributed by atoms with Crippen molar-refractivity contribution in [3.8, 4) is 0 Å². The van der Waals surface area contributed by atoms with Crippen LogP contribution in [-0.4, -0.2) is 36.2 Å². The molecule has 0 atom stereocenters. The van der Waals surface area contributed by atoms with E-state index in [1.165, 1.54) is 12.8 Å². The standard InChI is InChI=1S/C12H17BrN2O/c1-16-7-6-15(12-4-5-12)9-11-3-2-10(13)8-14-11/h2-3,8,12H,4-7,9H2,1H3. The second kappa shape index (κ2) is 5.75. The minimum atomic E-state index is 0.751. The van der Waals surface area contributed by atoms with Gasteiger partial charge in [-0.3, -0.25) is 9.88 Å². The molecule has 2 rings (SSSR count). The molecule has 0 aliphatic heterocycles. The van der Waals surface area contributed by atoms with Crippen molar-refractivity contribution in [2.75, 3.05) is 20.3 Å². The summed E-state index contributed by atoms with van der Waals surface area (Å²) in [6.45, 7) is 2.73. The number of methoxy groups -OCH3 is 1. The summed E-state index contributed by atoms with van der Waals surface area (Å²) in [6, 6.07) is 4.87. The van der Waals surface area contributed by atoms with Crippen LogP contribution in [0.25, 0.3) is 0 Å². The summed E-state index contributed by atoms with van der Waals surface area (Å²) in [7, 11) is 1.75. The van der Waals surface area contributed by atoms with Crippen molar-refractivity contribution in [1.29, 1.82) is 0 Å². The van der Waals surface area contributed by atoms with Crippen LogP contribution in [0, 0.1) is 0 Å². The van der Waals surface area contributed by atoms with Crippen LogP contribution in [0.5, 0.6) is 0 Å². The lowest BCUT2D eigenvalue weighted by Crippen LogP contribution is -2.29.